The lowest BCUT2D eigenvalue weighted by Gasteiger charge is -2.19. The zero-order valence-electron chi connectivity index (χ0n) is 23.9. The van der Waals surface area contributed by atoms with E-state index < -0.39 is 52.0 Å². The van der Waals surface area contributed by atoms with Gasteiger partial charge in [0.2, 0.25) is 0 Å². The van der Waals surface area contributed by atoms with Crippen molar-refractivity contribution < 1.29 is 36.5 Å². The summed E-state index contributed by atoms with van der Waals surface area (Å²) < 4.78 is 62.3. The largest absolute Gasteiger partial charge is 0.416 e. The van der Waals surface area contributed by atoms with Crippen LogP contribution in [-0.2, 0) is 13.2 Å². The molecule has 4 N–H and O–H groups in total. The molecule has 0 saturated carbocycles. The first-order chi connectivity index (χ1) is 20.7. The molecule has 0 spiro atoms. The van der Waals surface area contributed by atoms with E-state index in [1.165, 1.54) is 26.2 Å². The molecular weight excluding hydrogens is 586 g/mol. The van der Waals surface area contributed by atoms with Crippen molar-refractivity contribution in [3.63, 3.8) is 0 Å². The van der Waals surface area contributed by atoms with E-state index in [0.717, 1.165) is 22.9 Å². The Kier molecular flexibility index (Phi) is 8.92. The molecule has 0 aliphatic heterocycles. The average Bonchev–Trinajstić information content (AvgIpc) is 3.23. The fraction of sp³-hybridized carbons (Fsp3) is 0.200. The van der Waals surface area contributed by atoms with Gasteiger partial charge in [-0.25, -0.2) is 4.39 Å². The predicted molar refractivity (Wildman–Crippen MR) is 155 cm³/mol. The Hall–Kier alpha value is -5.40. The summed E-state index contributed by atoms with van der Waals surface area (Å²) in [6.45, 7) is 3.38. The lowest BCUT2D eigenvalue weighted by molar-refractivity contribution is -0.137. The molecule has 14 heteroatoms. The number of anilines is 3. The first-order valence-electron chi connectivity index (χ1n) is 13.2. The summed E-state index contributed by atoms with van der Waals surface area (Å²) in [5.74, 6) is -3.26. The average molecular weight is 614 g/mol. The number of hydrogen-bond donors (Lipinski definition) is 4. The fourth-order valence-electron chi connectivity index (χ4n) is 4.49. The second-order valence-corrected chi connectivity index (χ2v) is 9.56. The Morgan fingerprint density at radius 2 is 1.43 bits per heavy atom. The smallest absolute Gasteiger partial charge is 0.384 e. The van der Waals surface area contributed by atoms with Gasteiger partial charge in [0.1, 0.15) is 11.6 Å². The molecule has 4 rings (SSSR count). The summed E-state index contributed by atoms with van der Waals surface area (Å²) in [6, 6.07) is 10.3. The molecule has 44 heavy (non-hydrogen) atoms. The monoisotopic (exact) mass is 613 g/mol. The van der Waals surface area contributed by atoms with Crippen molar-refractivity contribution in [2.45, 2.75) is 20.0 Å². The van der Waals surface area contributed by atoms with Gasteiger partial charge in [0.15, 0.2) is 0 Å². The van der Waals surface area contributed by atoms with Crippen LogP contribution in [0.1, 0.15) is 49.3 Å². The minimum atomic E-state index is -4.92. The van der Waals surface area contributed by atoms with E-state index >= 15 is 0 Å². The molecule has 3 aromatic carbocycles. The summed E-state index contributed by atoms with van der Waals surface area (Å²) in [6.07, 6.45) is -4.92. The summed E-state index contributed by atoms with van der Waals surface area (Å²) in [4.78, 5) is 51.0. The molecule has 0 aliphatic carbocycles. The van der Waals surface area contributed by atoms with Gasteiger partial charge in [0.25, 0.3) is 23.3 Å². The number of halogens is 4. The molecule has 0 bridgehead atoms. The van der Waals surface area contributed by atoms with Gasteiger partial charge in [-0.2, -0.15) is 17.9 Å². The Bertz CT molecular complexity index is 1810. The van der Waals surface area contributed by atoms with Gasteiger partial charge in [-0.3, -0.25) is 19.2 Å². The molecule has 0 radical (unpaired) electrons. The van der Waals surface area contributed by atoms with Crippen LogP contribution >= 0.6 is 0 Å². The predicted octanol–water partition coefficient (Wildman–Crippen LogP) is 5.41. The van der Waals surface area contributed by atoms with Crippen LogP contribution in [-0.4, -0.2) is 36.1 Å². The first kappa shape index (κ1) is 31.5. The van der Waals surface area contributed by atoms with Gasteiger partial charge in [-0.05, 0) is 61.9 Å². The highest BCUT2D eigenvalue weighted by molar-refractivity contribution is 6.15. The van der Waals surface area contributed by atoms with E-state index in [0.29, 0.717) is 29.0 Å². The number of benzene rings is 3. The Labute approximate surface area is 248 Å². The maximum absolute atomic E-state index is 14.1. The van der Waals surface area contributed by atoms with Crippen molar-refractivity contribution >= 4 is 34.8 Å². The van der Waals surface area contributed by atoms with E-state index in [9.17, 15) is 36.7 Å². The highest BCUT2D eigenvalue weighted by atomic mass is 19.4. The molecule has 0 unspecified atom stereocenters. The van der Waals surface area contributed by atoms with Crippen LogP contribution < -0.4 is 26.8 Å². The van der Waals surface area contributed by atoms with Gasteiger partial charge in [0, 0.05) is 32.0 Å². The number of hydrogen-bond acceptors (Lipinski definition) is 6. The molecule has 1 heterocycles. The zero-order chi connectivity index (χ0) is 32.3. The van der Waals surface area contributed by atoms with Crippen LogP contribution in [0, 0.1) is 12.7 Å². The Morgan fingerprint density at radius 3 is 1.93 bits per heavy atom. The van der Waals surface area contributed by atoms with Crippen molar-refractivity contribution in [2.24, 2.45) is 7.05 Å². The maximum atomic E-state index is 14.1. The Morgan fingerprint density at radius 1 is 0.864 bits per heavy atom. The molecule has 0 fully saturated rings. The van der Waals surface area contributed by atoms with Crippen LogP contribution in [0.2, 0.25) is 0 Å². The molecule has 0 atom stereocenters. The first-order valence-corrected chi connectivity index (χ1v) is 13.2. The number of nitrogens with zero attached hydrogens (tertiary/aromatic N) is 1. The topological polar surface area (TPSA) is 134 Å². The van der Waals surface area contributed by atoms with E-state index in [1.54, 1.807) is 26.0 Å². The van der Waals surface area contributed by atoms with Gasteiger partial charge < -0.3 is 25.8 Å². The maximum Gasteiger partial charge on any atom is 0.416 e. The number of amides is 3. The molecule has 10 nitrogen and oxygen atoms in total. The van der Waals surface area contributed by atoms with E-state index in [2.05, 4.69) is 21.3 Å². The quantitative estimate of drug-likeness (QED) is 0.197. The number of aromatic nitrogens is 1. The summed E-state index contributed by atoms with van der Waals surface area (Å²) in [5.41, 5.74) is -2.23. The zero-order valence-corrected chi connectivity index (χ0v) is 23.9. The highest BCUT2D eigenvalue weighted by Gasteiger charge is 2.34. The number of carbonyl (C=O) groups excluding carboxylic acids is 3. The third-order valence-electron chi connectivity index (χ3n) is 6.56. The van der Waals surface area contributed by atoms with E-state index in [4.69, 9.17) is 4.52 Å². The lowest BCUT2D eigenvalue weighted by atomic mass is 10.00. The number of nitrogens with one attached hydrogen (secondary N) is 4. The van der Waals surface area contributed by atoms with Crippen LogP contribution in [0.25, 0.3) is 11.1 Å². The number of rotatable bonds is 8. The van der Waals surface area contributed by atoms with E-state index in [1.807, 2.05) is 0 Å². The molecule has 230 valence electrons. The van der Waals surface area contributed by atoms with Gasteiger partial charge in [0.05, 0.1) is 33.5 Å². The van der Waals surface area contributed by atoms with Crippen molar-refractivity contribution in [3.05, 3.63) is 98.8 Å². The standard InChI is InChI=1S/C30H27F4N5O5/c1-5-36-25-21(27(41)37-18-8-6-16(7-9-18)24-15(2)44-39(4)29(24)43)12-17(30(32,33)34)13-22(25)28(42)38-19-10-11-23(31)20(14-19)26(40)35-3/h6-14,36H,5H2,1-4H3,(H,35,40)(H,37,41)(H,38,42). The molecule has 0 saturated heterocycles. The highest BCUT2D eigenvalue weighted by Crippen LogP contribution is 2.35. The third-order valence-corrected chi connectivity index (χ3v) is 6.56. The van der Waals surface area contributed by atoms with Crippen LogP contribution in [0.3, 0.4) is 0 Å². The second kappa shape index (κ2) is 12.5. The van der Waals surface area contributed by atoms with Crippen LogP contribution in [0.5, 0.6) is 0 Å². The minimum Gasteiger partial charge on any atom is -0.384 e. The van der Waals surface area contributed by atoms with Gasteiger partial charge >= 0.3 is 6.18 Å². The van der Waals surface area contributed by atoms with Crippen LogP contribution in [0.4, 0.5) is 34.6 Å². The number of carbonyl (C=O) groups is 3. The van der Waals surface area contributed by atoms with E-state index in [-0.39, 0.29) is 29.2 Å². The minimum absolute atomic E-state index is 0.0661. The normalized spacial score (nSPS) is 11.2. The fourth-order valence-corrected chi connectivity index (χ4v) is 4.49. The summed E-state index contributed by atoms with van der Waals surface area (Å²) in [5, 5.41) is 9.94. The van der Waals surface area contributed by atoms with Crippen molar-refractivity contribution in [2.75, 3.05) is 29.5 Å². The molecular formula is C30H27F4N5O5. The number of aryl methyl sites for hydroxylation is 2. The summed E-state index contributed by atoms with van der Waals surface area (Å²) >= 11 is 0. The van der Waals surface area contributed by atoms with Crippen molar-refractivity contribution in [1.29, 1.82) is 0 Å². The Balaban J connectivity index is 1.71. The third kappa shape index (κ3) is 6.48. The number of alkyl halides is 3. The molecule has 1 aromatic heterocycles. The SMILES string of the molecule is CCNc1c(C(=O)Nc2ccc(-c3c(C)on(C)c3=O)cc2)cc(C(F)(F)F)cc1C(=O)Nc1ccc(F)c(C(=O)NC)c1. The van der Waals surface area contributed by atoms with Crippen LogP contribution in [0.15, 0.2) is 63.9 Å². The van der Waals surface area contributed by atoms with Crippen molar-refractivity contribution in [1.82, 2.24) is 10.1 Å². The molecule has 4 aromatic rings. The van der Waals surface area contributed by atoms with Gasteiger partial charge in [-0.1, -0.05) is 12.1 Å². The van der Waals surface area contributed by atoms with Crippen molar-refractivity contribution in [3.8, 4) is 11.1 Å². The second-order valence-electron chi connectivity index (χ2n) is 9.56. The van der Waals surface area contributed by atoms with Gasteiger partial charge in [-0.15, -0.1) is 0 Å². The molecule has 0 aliphatic rings. The molecule has 3 amide bonds. The summed E-state index contributed by atoms with van der Waals surface area (Å²) in [7, 11) is 2.74. The lowest BCUT2D eigenvalue weighted by Crippen LogP contribution is -2.23.